The molecule has 0 saturated carbocycles. The second-order valence-electron chi connectivity index (χ2n) is 8.90. The van der Waals surface area contributed by atoms with Crippen molar-refractivity contribution in [3.05, 3.63) is 127 Å². The Morgan fingerprint density at radius 3 is 1.62 bits per heavy atom. The molecule has 0 spiro atoms. The lowest BCUT2D eigenvalue weighted by atomic mass is 9.98. The highest BCUT2D eigenvalue weighted by Gasteiger charge is 2.15. The molecule has 0 fully saturated rings. The van der Waals surface area contributed by atoms with Crippen LogP contribution in [0.1, 0.15) is 0 Å². The zero-order valence-electron chi connectivity index (χ0n) is 19.9. The fraction of sp³-hybridized carbons (Fsp3) is 0. The second-order valence-corrected chi connectivity index (χ2v) is 8.90. The van der Waals surface area contributed by atoms with E-state index < -0.39 is 0 Å². The molecule has 0 unspecified atom stereocenters. The summed E-state index contributed by atoms with van der Waals surface area (Å²) < 4.78 is 6.13. The maximum atomic E-state index is 6.13. The number of hydrogen-bond acceptors (Lipinski definition) is 4. The van der Waals surface area contributed by atoms with Crippen molar-refractivity contribution >= 4 is 21.9 Å². The maximum absolute atomic E-state index is 6.13. The molecule has 174 valence electrons. The molecule has 2 heterocycles. The van der Waals surface area contributed by atoms with Crippen molar-refractivity contribution in [3.8, 4) is 45.3 Å². The third-order valence-electron chi connectivity index (χ3n) is 6.53. The molecule has 0 aliphatic heterocycles. The molecule has 7 aromatic rings. The summed E-state index contributed by atoms with van der Waals surface area (Å²) in [5, 5.41) is 2.22. The largest absolute Gasteiger partial charge is 0.456 e. The zero-order chi connectivity index (χ0) is 24.6. The van der Waals surface area contributed by atoms with Crippen molar-refractivity contribution in [1.82, 2.24) is 15.0 Å². The summed E-state index contributed by atoms with van der Waals surface area (Å²) in [6.07, 6.45) is 0. The van der Waals surface area contributed by atoms with Gasteiger partial charge in [-0.1, -0.05) is 109 Å². The predicted molar refractivity (Wildman–Crippen MR) is 149 cm³/mol. The van der Waals surface area contributed by atoms with Gasteiger partial charge in [0, 0.05) is 27.5 Å². The highest BCUT2D eigenvalue weighted by atomic mass is 16.3. The lowest BCUT2D eigenvalue weighted by Gasteiger charge is -2.10. The van der Waals surface area contributed by atoms with Crippen LogP contribution >= 0.6 is 0 Å². The van der Waals surface area contributed by atoms with Crippen LogP contribution in [0.15, 0.2) is 132 Å². The number of fused-ring (bicyclic) bond motifs is 3. The molecule has 5 aromatic carbocycles. The van der Waals surface area contributed by atoms with E-state index in [2.05, 4.69) is 36.4 Å². The number of nitrogens with zero attached hydrogens (tertiary/aromatic N) is 3. The van der Waals surface area contributed by atoms with Crippen LogP contribution in [0.3, 0.4) is 0 Å². The summed E-state index contributed by atoms with van der Waals surface area (Å²) in [5.41, 5.74) is 6.80. The van der Waals surface area contributed by atoms with E-state index >= 15 is 0 Å². The van der Waals surface area contributed by atoms with E-state index in [1.54, 1.807) is 0 Å². The molecule has 0 bridgehead atoms. The minimum absolute atomic E-state index is 0.638. The molecule has 0 saturated heterocycles. The number of aromatic nitrogens is 3. The van der Waals surface area contributed by atoms with E-state index in [4.69, 9.17) is 19.4 Å². The molecule has 0 amide bonds. The van der Waals surface area contributed by atoms with Gasteiger partial charge in [-0.2, -0.15) is 0 Å². The van der Waals surface area contributed by atoms with E-state index in [9.17, 15) is 0 Å². The van der Waals surface area contributed by atoms with Crippen LogP contribution in [-0.2, 0) is 0 Å². The molecule has 4 heteroatoms. The number of hydrogen-bond donors (Lipinski definition) is 0. The van der Waals surface area contributed by atoms with Crippen LogP contribution in [0.25, 0.3) is 67.2 Å². The molecule has 0 aliphatic carbocycles. The van der Waals surface area contributed by atoms with Gasteiger partial charge in [0.15, 0.2) is 17.5 Å². The van der Waals surface area contributed by atoms with Gasteiger partial charge in [0.25, 0.3) is 0 Å². The van der Waals surface area contributed by atoms with Crippen molar-refractivity contribution in [2.24, 2.45) is 0 Å². The number of para-hydroxylation sites is 1. The van der Waals surface area contributed by atoms with Gasteiger partial charge in [-0.3, -0.25) is 0 Å². The predicted octanol–water partition coefficient (Wildman–Crippen LogP) is 8.44. The standard InChI is InChI=1S/C33H21N3O/c1-3-11-22(12-4-1)31-34-32(23-13-5-2-6-14-23)36-33(35-31)25-16-9-15-24(21-25)26-18-10-20-29-30(26)27-17-7-8-19-28(27)37-29/h1-21H. The Morgan fingerprint density at radius 1 is 0.405 bits per heavy atom. The summed E-state index contributed by atoms with van der Waals surface area (Å²) >= 11 is 0. The van der Waals surface area contributed by atoms with Gasteiger partial charge in [0.05, 0.1) is 0 Å². The molecule has 7 rings (SSSR count). The van der Waals surface area contributed by atoms with Gasteiger partial charge in [-0.15, -0.1) is 0 Å². The fourth-order valence-corrected chi connectivity index (χ4v) is 4.78. The lowest BCUT2D eigenvalue weighted by molar-refractivity contribution is 0.669. The molecule has 37 heavy (non-hydrogen) atoms. The van der Waals surface area contributed by atoms with Crippen LogP contribution in [0.2, 0.25) is 0 Å². The van der Waals surface area contributed by atoms with Gasteiger partial charge in [-0.25, -0.2) is 15.0 Å². The minimum atomic E-state index is 0.638. The molecule has 0 aliphatic rings. The fourth-order valence-electron chi connectivity index (χ4n) is 4.78. The Morgan fingerprint density at radius 2 is 0.919 bits per heavy atom. The normalized spacial score (nSPS) is 11.2. The van der Waals surface area contributed by atoms with Gasteiger partial charge in [-0.05, 0) is 29.3 Å². The SMILES string of the molecule is c1ccc(-c2nc(-c3ccccc3)nc(-c3cccc(-c4cccc5oc6ccccc6c45)c3)n2)cc1. The highest BCUT2D eigenvalue weighted by Crippen LogP contribution is 2.37. The smallest absolute Gasteiger partial charge is 0.164 e. The van der Waals surface area contributed by atoms with E-state index in [1.807, 2.05) is 91.0 Å². The Hall–Kier alpha value is -5.09. The molecule has 2 aromatic heterocycles. The first-order valence-electron chi connectivity index (χ1n) is 12.2. The van der Waals surface area contributed by atoms with E-state index in [0.717, 1.165) is 49.8 Å². The van der Waals surface area contributed by atoms with E-state index in [1.165, 1.54) is 0 Å². The molecular formula is C33H21N3O. The van der Waals surface area contributed by atoms with Crippen molar-refractivity contribution in [1.29, 1.82) is 0 Å². The molecular weight excluding hydrogens is 454 g/mol. The quantitative estimate of drug-likeness (QED) is 0.256. The van der Waals surface area contributed by atoms with Crippen molar-refractivity contribution in [2.75, 3.05) is 0 Å². The van der Waals surface area contributed by atoms with Crippen molar-refractivity contribution < 1.29 is 4.42 Å². The molecule has 0 N–H and O–H groups in total. The van der Waals surface area contributed by atoms with Gasteiger partial charge in [0.2, 0.25) is 0 Å². The van der Waals surface area contributed by atoms with Gasteiger partial charge >= 0.3 is 0 Å². The Kier molecular flexibility index (Phi) is 5.07. The van der Waals surface area contributed by atoms with Crippen molar-refractivity contribution in [3.63, 3.8) is 0 Å². The third kappa shape index (κ3) is 3.85. The topological polar surface area (TPSA) is 51.8 Å². The minimum Gasteiger partial charge on any atom is -0.456 e. The average Bonchev–Trinajstić information content (AvgIpc) is 3.37. The van der Waals surface area contributed by atoms with Crippen LogP contribution in [-0.4, -0.2) is 15.0 Å². The number of benzene rings is 5. The Labute approximate surface area is 213 Å². The van der Waals surface area contributed by atoms with Crippen LogP contribution in [0.5, 0.6) is 0 Å². The molecule has 0 radical (unpaired) electrons. The lowest BCUT2D eigenvalue weighted by Crippen LogP contribution is -2.00. The summed E-state index contributed by atoms with van der Waals surface area (Å²) in [6, 6.07) is 42.8. The van der Waals surface area contributed by atoms with Gasteiger partial charge < -0.3 is 4.42 Å². The summed E-state index contributed by atoms with van der Waals surface area (Å²) in [6.45, 7) is 0. The number of rotatable bonds is 4. The highest BCUT2D eigenvalue weighted by molar-refractivity contribution is 6.12. The first-order valence-corrected chi connectivity index (χ1v) is 12.2. The van der Waals surface area contributed by atoms with Crippen LogP contribution in [0.4, 0.5) is 0 Å². The Bertz CT molecular complexity index is 1820. The zero-order valence-corrected chi connectivity index (χ0v) is 19.9. The maximum Gasteiger partial charge on any atom is 0.164 e. The van der Waals surface area contributed by atoms with Crippen LogP contribution in [0, 0.1) is 0 Å². The monoisotopic (exact) mass is 475 g/mol. The number of furan rings is 1. The first kappa shape index (κ1) is 21.2. The van der Waals surface area contributed by atoms with Gasteiger partial charge in [0.1, 0.15) is 11.2 Å². The Balaban J connectivity index is 1.41. The average molecular weight is 476 g/mol. The summed E-state index contributed by atoms with van der Waals surface area (Å²) in [7, 11) is 0. The molecule has 4 nitrogen and oxygen atoms in total. The van der Waals surface area contributed by atoms with Crippen molar-refractivity contribution in [2.45, 2.75) is 0 Å². The van der Waals surface area contributed by atoms with E-state index in [-0.39, 0.29) is 0 Å². The first-order chi connectivity index (χ1) is 18.3. The van der Waals surface area contributed by atoms with E-state index in [0.29, 0.717) is 17.5 Å². The van der Waals surface area contributed by atoms with Crippen LogP contribution < -0.4 is 0 Å². The summed E-state index contributed by atoms with van der Waals surface area (Å²) in [4.78, 5) is 14.6. The third-order valence-corrected chi connectivity index (χ3v) is 6.53. The second kappa shape index (κ2) is 8.85. The molecule has 0 atom stereocenters. The summed E-state index contributed by atoms with van der Waals surface area (Å²) in [5.74, 6) is 1.94.